The quantitative estimate of drug-likeness (QED) is 0.632. The summed E-state index contributed by atoms with van der Waals surface area (Å²) < 4.78 is 0. The van der Waals surface area contributed by atoms with E-state index in [0.29, 0.717) is 16.9 Å². The molecule has 3 rings (SSSR count). The van der Waals surface area contributed by atoms with Crippen LogP contribution < -0.4 is 15.5 Å². The highest BCUT2D eigenvalue weighted by molar-refractivity contribution is 6.04. The van der Waals surface area contributed by atoms with Crippen molar-refractivity contribution in [1.29, 1.82) is 0 Å². The van der Waals surface area contributed by atoms with Crippen LogP contribution in [0.2, 0.25) is 0 Å². The van der Waals surface area contributed by atoms with Gasteiger partial charge in [-0.15, -0.1) is 0 Å². The summed E-state index contributed by atoms with van der Waals surface area (Å²) >= 11 is 0. The first-order valence-electron chi connectivity index (χ1n) is 9.48. The van der Waals surface area contributed by atoms with E-state index in [9.17, 15) is 9.59 Å². The molecule has 148 valence electrons. The smallest absolute Gasteiger partial charge is 0.257 e. The van der Waals surface area contributed by atoms with E-state index in [0.717, 1.165) is 18.8 Å². The summed E-state index contributed by atoms with van der Waals surface area (Å²) in [6, 6.07) is 19.0. The van der Waals surface area contributed by atoms with Crippen LogP contribution in [0.15, 0.2) is 73.1 Å². The predicted molar refractivity (Wildman–Crippen MR) is 116 cm³/mol. The number of rotatable bonds is 7. The van der Waals surface area contributed by atoms with Crippen LogP contribution in [0.25, 0.3) is 0 Å². The van der Waals surface area contributed by atoms with Crippen LogP contribution in [0.1, 0.15) is 29.8 Å². The minimum Gasteiger partial charge on any atom is -0.366 e. The summed E-state index contributed by atoms with van der Waals surface area (Å²) in [7, 11) is 0. The molecule has 0 aliphatic rings. The third kappa shape index (κ3) is 5.65. The van der Waals surface area contributed by atoms with E-state index >= 15 is 0 Å². The summed E-state index contributed by atoms with van der Waals surface area (Å²) in [6.07, 6.45) is 3.33. The Morgan fingerprint density at radius 2 is 1.59 bits per heavy atom. The Bertz CT molecular complexity index is 972. The molecule has 2 amide bonds. The number of hydrogen-bond acceptors (Lipinski definition) is 4. The average Bonchev–Trinajstić information content (AvgIpc) is 2.74. The van der Waals surface area contributed by atoms with Crippen LogP contribution in [0.4, 0.5) is 17.1 Å². The summed E-state index contributed by atoms with van der Waals surface area (Å²) in [5, 5.41) is 5.56. The van der Waals surface area contributed by atoms with Crippen molar-refractivity contribution in [2.45, 2.75) is 20.4 Å². The lowest BCUT2D eigenvalue weighted by atomic mass is 10.2. The van der Waals surface area contributed by atoms with Gasteiger partial charge in [0.25, 0.3) is 5.91 Å². The molecule has 0 fully saturated rings. The monoisotopic (exact) mass is 388 g/mol. The fourth-order valence-electron chi connectivity index (χ4n) is 2.96. The normalized spacial score (nSPS) is 10.3. The van der Waals surface area contributed by atoms with Gasteiger partial charge in [-0.1, -0.05) is 30.3 Å². The van der Waals surface area contributed by atoms with Gasteiger partial charge < -0.3 is 15.5 Å². The topological polar surface area (TPSA) is 74.3 Å². The second-order valence-electron chi connectivity index (χ2n) is 6.64. The van der Waals surface area contributed by atoms with Crippen LogP contribution in [-0.4, -0.2) is 23.3 Å². The summed E-state index contributed by atoms with van der Waals surface area (Å²) in [4.78, 5) is 30.2. The molecule has 0 unspecified atom stereocenters. The minimum atomic E-state index is -0.234. The third-order valence-electron chi connectivity index (χ3n) is 4.41. The molecule has 0 saturated carbocycles. The second kappa shape index (κ2) is 9.50. The van der Waals surface area contributed by atoms with Gasteiger partial charge in [-0.2, -0.15) is 0 Å². The average molecular weight is 388 g/mol. The molecule has 0 bridgehead atoms. The minimum absolute atomic E-state index is 0.138. The van der Waals surface area contributed by atoms with E-state index in [4.69, 9.17) is 0 Å². The van der Waals surface area contributed by atoms with Crippen molar-refractivity contribution in [2.24, 2.45) is 0 Å². The highest BCUT2D eigenvalue weighted by atomic mass is 16.2. The molecule has 0 radical (unpaired) electrons. The standard InChI is InChI=1S/C23H24N4O2/c1-3-27(16-18-7-5-4-6-8-18)22-13-19(14-24-15-22)23(29)26-21-11-9-20(10-12-21)25-17(2)28/h4-15H,3,16H2,1-2H3,(H,25,28)(H,26,29). The SMILES string of the molecule is CCN(Cc1ccccc1)c1cncc(C(=O)Nc2ccc(NC(C)=O)cc2)c1. The molecule has 2 N–H and O–H groups in total. The number of carbonyl (C=O) groups excluding carboxylic acids is 2. The van der Waals surface area contributed by atoms with Crippen LogP contribution in [0.5, 0.6) is 0 Å². The van der Waals surface area contributed by atoms with Crippen LogP contribution in [-0.2, 0) is 11.3 Å². The van der Waals surface area contributed by atoms with Crippen molar-refractivity contribution in [1.82, 2.24) is 4.98 Å². The zero-order valence-electron chi connectivity index (χ0n) is 16.6. The molecule has 2 aromatic carbocycles. The maximum Gasteiger partial charge on any atom is 0.257 e. The summed E-state index contributed by atoms with van der Waals surface area (Å²) in [6.45, 7) is 5.07. The van der Waals surface area contributed by atoms with Crippen molar-refractivity contribution >= 4 is 28.9 Å². The lowest BCUT2D eigenvalue weighted by Crippen LogP contribution is -2.23. The molecule has 0 spiro atoms. The van der Waals surface area contributed by atoms with E-state index in [1.165, 1.54) is 12.5 Å². The molecular formula is C23H24N4O2. The highest BCUT2D eigenvalue weighted by Gasteiger charge is 2.11. The number of carbonyl (C=O) groups is 2. The van der Waals surface area contributed by atoms with Gasteiger partial charge in [0.15, 0.2) is 0 Å². The van der Waals surface area contributed by atoms with Crippen LogP contribution >= 0.6 is 0 Å². The van der Waals surface area contributed by atoms with Gasteiger partial charge in [0.1, 0.15) is 0 Å². The van der Waals surface area contributed by atoms with Crippen molar-refractivity contribution < 1.29 is 9.59 Å². The third-order valence-corrected chi connectivity index (χ3v) is 4.41. The first-order valence-corrected chi connectivity index (χ1v) is 9.48. The zero-order valence-corrected chi connectivity index (χ0v) is 16.6. The lowest BCUT2D eigenvalue weighted by molar-refractivity contribution is -0.114. The van der Waals surface area contributed by atoms with Crippen molar-refractivity contribution in [3.63, 3.8) is 0 Å². The fraction of sp³-hybridized carbons (Fsp3) is 0.174. The highest BCUT2D eigenvalue weighted by Crippen LogP contribution is 2.19. The largest absolute Gasteiger partial charge is 0.366 e. The Kier molecular flexibility index (Phi) is 6.58. The molecule has 29 heavy (non-hydrogen) atoms. The number of amides is 2. The number of hydrogen-bond donors (Lipinski definition) is 2. The number of nitrogens with zero attached hydrogens (tertiary/aromatic N) is 2. The van der Waals surface area contributed by atoms with E-state index < -0.39 is 0 Å². The Morgan fingerprint density at radius 1 is 0.931 bits per heavy atom. The van der Waals surface area contributed by atoms with E-state index in [1.54, 1.807) is 36.7 Å². The summed E-state index contributed by atoms with van der Waals surface area (Å²) in [5.41, 5.74) is 3.90. The van der Waals surface area contributed by atoms with Crippen LogP contribution in [0.3, 0.4) is 0 Å². The van der Waals surface area contributed by atoms with Crippen molar-refractivity contribution in [3.8, 4) is 0 Å². The second-order valence-corrected chi connectivity index (χ2v) is 6.64. The fourth-order valence-corrected chi connectivity index (χ4v) is 2.96. The van der Waals surface area contributed by atoms with Gasteiger partial charge in [-0.3, -0.25) is 14.6 Å². The van der Waals surface area contributed by atoms with Crippen LogP contribution in [0, 0.1) is 0 Å². The Morgan fingerprint density at radius 3 is 2.21 bits per heavy atom. The predicted octanol–water partition coefficient (Wildman–Crippen LogP) is 4.32. The van der Waals surface area contributed by atoms with E-state index in [1.807, 2.05) is 24.3 Å². The summed E-state index contributed by atoms with van der Waals surface area (Å²) in [5.74, 6) is -0.372. The molecule has 1 aromatic heterocycles. The Labute approximate surface area is 170 Å². The van der Waals surface area contributed by atoms with Gasteiger partial charge >= 0.3 is 0 Å². The lowest BCUT2D eigenvalue weighted by Gasteiger charge is -2.23. The van der Waals surface area contributed by atoms with Gasteiger partial charge in [-0.25, -0.2) is 0 Å². The van der Waals surface area contributed by atoms with E-state index in [-0.39, 0.29) is 11.8 Å². The number of benzene rings is 2. The number of aromatic nitrogens is 1. The first kappa shape index (κ1) is 20.1. The van der Waals surface area contributed by atoms with Gasteiger partial charge in [0, 0.05) is 37.6 Å². The maximum atomic E-state index is 12.7. The molecule has 0 aliphatic carbocycles. The van der Waals surface area contributed by atoms with Gasteiger partial charge in [0.2, 0.25) is 5.91 Å². The van der Waals surface area contributed by atoms with Crippen molar-refractivity contribution in [2.75, 3.05) is 22.1 Å². The Hall–Kier alpha value is -3.67. The molecular weight excluding hydrogens is 364 g/mol. The Balaban J connectivity index is 1.70. The molecule has 3 aromatic rings. The van der Waals surface area contributed by atoms with Crippen molar-refractivity contribution in [3.05, 3.63) is 84.2 Å². The molecule has 0 aliphatic heterocycles. The number of anilines is 3. The molecule has 1 heterocycles. The maximum absolute atomic E-state index is 12.7. The first-order chi connectivity index (χ1) is 14.0. The number of nitrogens with one attached hydrogen (secondary N) is 2. The van der Waals surface area contributed by atoms with Gasteiger partial charge in [0.05, 0.1) is 17.4 Å². The van der Waals surface area contributed by atoms with E-state index in [2.05, 4.69) is 39.6 Å². The van der Waals surface area contributed by atoms with Gasteiger partial charge in [-0.05, 0) is 42.8 Å². The zero-order chi connectivity index (χ0) is 20.6. The molecule has 0 saturated heterocycles. The molecule has 6 nitrogen and oxygen atoms in total. The molecule has 0 atom stereocenters. The number of pyridine rings is 1. The molecule has 6 heteroatoms.